The van der Waals surface area contributed by atoms with Crippen molar-refractivity contribution in [3.8, 4) is 5.69 Å². The molecule has 0 bridgehead atoms. The van der Waals surface area contributed by atoms with Crippen molar-refractivity contribution in [3.05, 3.63) is 76.8 Å². The molecule has 0 atom stereocenters. The number of ether oxygens (including phenoxy) is 2. The van der Waals surface area contributed by atoms with E-state index >= 15 is 0 Å². The third-order valence-electron chi connectivity index (χ3n) is 4.21. The summed E-state index contributed by atoms with van der Waals surface area (Å²) in [5.74, 6) is -1.15. The minimum Gasteiger partial charge on any atom is -0.463 e. The van der Waals surface area contributed by atoms with Crippen molar-refractivity contribution in [1.82, 2.24) is 9.78 Å². The summed E-state index contributed by atoms with van der Waals surface area (Å²) in [6.07, 6.45) is 2.90. The number of rotatable bonds is 6. The zero-order valence-electron chi connectivity index (χ0n) is 16.1. The Morgan fingerprint density at radius 1 is 1.17 bits per heavy atom. The van der Waals surface area contributed by atoms with Crippen LogP contribution in [0.2, 0.25) is 0 Å². The number of aryl methyl sites for hydroxylation is 1. The van der Waals surface area contributed by atoms with Crippen molar-refractivity contribution in [3.63, 3.8) is 0 Å². The number of furan rings is 1. The predicted octanol–water partition coefficient (Wildman–Crippen LogP) is 3.76. The molecule has 0 saturated carbocycles. The summed E-state index contributed by atoms with van der Waals surface area (Å²) >= 11 is 0. The summed E-state index contributed by atoms with van der Waals surface area (Å²) in [4.78, 5) is 23.4. The molecule has 0 amide bonds. The highest BCUT2D eigenvalue weighted by Gasteiger charge is 2.13. The molecule has 0 radical (unpaired) electrons. The zero-order chi connectivity index (χ0) is 21.0. The average molecular weight is 398 g/mol. The van der Waals surface area contributed by atoms with E-state index in [2.05, 4.69) is 9.84 Å². The van der Waals surface area contributed by atoms with Crippen LogP contribution < -0.4 is 0 Å². The van der Waals surface area contributed by atoms with E-state index in [1.54, 1.807) is 22.9 Å². The molecule has 8 heteroatoms. The molecule has 29 heavy (non-hydrogen) atoms. The Hall–Kier alpha value is -3.68. The number of halogens is 1. The van der Waals surface area contributed by atoms with Gasteiger partial charge in [0.1, 0.15) is 18.2 Å². The number of esters is 2. The number of methoxy groups -OCH3 is 1. The Morgan fingerprint density at radius 3 is 2.59 bits per heavy atom. The molecule has 2 heterocycles. The summed E-state index contributed by atoms with van der Waals surface area (Å²) < 4.78 is 29.7. The van der Waals surface area contributed by atoms with E-state index in [1.807, 2.05) is 13.8 Å². The summed E-state index contributed by atoms with van der Waals surface area (Å²) in [5, 5.41) is 4.44. The number of carbonyl (C=O) groups is 2. The minimum atomic E-state index is -0.605. The lowest BCUT2D eigenvalue weighted by Gasteiger charge is -2.04. The van der Waals surface area contributed by atoms with Gasteiger partial charge in [-0.05, 0) is 56.3 Å². The highest BCUT2D eigenvalue weighted by molar-refractivity contribution is 5.87. The molecular formula is C21H19FN2O5. The van der Waals surface area contributed by atoms with Crippen LogP contribution in [0, 0.1) is 19.7 Å². The largest absolute Gasteiger partial charge is 0.463 e. The summed E-state index contributed by atoms with van der Waals surface area (Å²) in [5.41, 5.74) is 2.99. The Morgan fingerprint density at radius 2 is 1.90 bits per heavy atom. The second kappa shape index (κ2) is 8.55. The molecule has 0 fully saturated rings. The first-order chi connectivity index (χ1) is 13.9. The maximum Gasteiger partial charge on any atom is 0.373 e. The molecule has 3 aromatic rings. The van der Waals surface area contributed by atoms with E-state index in [0.29, 0.717) is 17.1 Å². The standard InChI is InChI=1S/C21H19FN2O5/c1-13-18(14(2)24(23-13)16-6-4-15(22)5-7-16)9-11-20(25)28-12-17-8-10-19(29-17)21(26)27-3/h4-11H,12H2,1-3H3/b11-9+. The van der Waals surface area contributed by atoms with Crippen LogP contribution in [-0.2, 0) is 20.9 Å². The third-order valence-corrected chi connectivity index (χ3v) is 4.21. The van der Waals surface area contributed by atoms with Gasteiger partial charge in [-0.1, -0.05) is 0 Å². The maximum atomic E-state index is 13.1. The third kappa shape index (κ3) is 4.60. The highest BCUT2D eigenvalue weighted by atomic mass is 19.1. The minimum absolute atomic E-state index is 0.0357. The normalized spacial score (nSPS) is 11.0. The highest BCUT2D eigenvalue weighted by Crippen LogP contribution is 2.19. The maximum absolute atomic E-state index is 13.1. The van der Waals surface area contributed by atoms with Crippen LogP contribution in [0.3, 0.4) is 0 Å². The number of hydrogen-bond acceptors (Lipinski definition) is 6. The van der Waals surface area contributed by atoms with Gasteiger partial charge in [-0.2, -0.15) is 5.10 Å². The molecule has 0 spiro atoms. The number of nitrogens with zero attached hydrogens (tertiary/aromatic N) is 2. The quantitative estimate of drug-likeness (QED) is 0.464. The first-order valence-electron chi connectivity index (χ1n) is 8.73. The van der Waals surface area contributed by atoms with Crippen molar-refractivity contribution >= 4 is 18.0 Å². The van der Waals surface area contributed by atoms with Crippen molar-refractivity contribution in [2.45, 2.75) is 20.5 Å². The number of carbonyl (C=O) groups excluding carboxylic acids is 2. The summed E-state index contributed by atoms with van der Waals surface area (Å²) in [7, 11) is 1.25. The molecule has 0 unspecified atom stereocenters. The second-order valence-corrected chi connectivity index (χ2v) is 6.17. The summed E-state index contributed by atoms with van der Waals surface area (Å²) in [6, 6.07) is 8.95. The monoisotopic (exact) mass is 398 g/mol. The van der Waals surface area contributed by atoms with Gasteiger partial charge in [0.15, 0.2) is 0 Å². The molecule has 1 aromatic carbocycles. The van der Waals surface area contributed by atoms with Crippen molar-refractivity contribution in [2.75, 3.05) is 7.11 Å². The molecule has 0 aliphatic rings. The van der Waals surface area contributed by atoms with Gasteiger partial charge in [0, 0.05) is 17.3 Å². The number of hydrogen-bond donors (Lipinski definition) is 0. The van der Waals surface area contributed by atoms with E-state index < -0.39 is 11.9 Å². The predicted molar refractivity (Wildman–Crippen MR) is 102 cm³/mol. The first-order valence-corrected chi connectivity index (χ1v) is 8.73. The van der Waals surface area contributed by atoms with Crippen LogP contribution in [0.1, 0.15) is 33.3 Å². The van der Waals surface area contributed by atoms with E-state index in [1.165, 1.54) is 37.5 Å². The topological polar surface area (TPSA) is 83.6 Å². The van der Waals surface area contributed by atoms with Crippen LogP contribution in [0.15, 0.2) is 46.9 Å². The van der Waals surface area contributed by atoms with Crippen molar-refractivity contribution < 1.29 is 27.9 Å². The number of aromatic nitrogens is 2. The lowest BCUT2D eigenvalue weighted by Crippen LogP contribution is -2.01. The van der Waals surface area contributed by atoms with E-state index in [4.69, 9.17) is 9.15 Å². The van der Waals surface area contributed by atoms with Gasteiger partial charge < -0.3 is 13.9 Å². The lowest BCUT2D eigenvalue weighted by molar-refractivity contribution is -0.139. The van der Waals surface area contributed by atoms with Crippen LogP contribution in [-0.4, -0.2) is 28.8 Å². The van der Waals surface area contributed by atoms with E-state index in [0.717, 1.165) is 11.3 Å². The van der Waals surface area contributed by atoms with Crippen molar-refractivity contribution in [2.24, 2.45) is 0 Å². The SMILES string of the molecule is COC(=O)c1ccc(COC(=O)/C=C/c2c(C)nn(-c3ccc(F)cc3)c2C)o1. The fourth-order valence-electron chi connectivity index (χ4n) is 2.74. The molecule has 7 nitrogen and oxygen atoms in total. The molecule has 2 aromatic heterocycles. The summed E-state index contributed by atoms with van der Waals surface area (Å²) in [6.45, 7) is 3.55. The van der Waals surface area contributed by atoms with Gasteiger partial charge in [-0.3, -0.25) is 0 Å². The molecule has 0 aliphatic heterocycles. The Balaban J connectivity index is 1.66. The Kier molecular flexibility index (Phi) is 5.92. The van der Waals surface area contributed by atoms with Crippen LogP contribution in [0.4, 0.5) is 4.39 Å². The fourth-order valence-corrected chi connectivity index (χ4v) is 2.74. The van der Waals surface area contributed by atoms with Crippen LogP contribution in [0.5, 0.6) is 0 Å². The molecular weight excluding hydrogens is 379 g/mol. The van der Waals surface area contributed by atoms with Gasteiger partial charge in [-0.25, -0.2) is 18.7 Å². The van der Waals surface area contributed by atoms with Gasteiger partial charge in [0.2, 0.25) is 5.76 Å². The smallest absolute Gasteiger partial charge is 0.373 e. The molecule has 150 valence electrons. The molecule has 0 N–H and O–H groups in total. The lowest BCUT2D eigenvalue weighted by atomic mass is 10.2. The van der Waals surface area contributed by atoms with Crippen molar-refractivity contribution in [1.29, 1.82) is 0 Å². The van der Waals surface area contributed by atoms with Crippen LogP contribution >= 0.6 is 0 Å². The molecule has 0 saturated heterocycles. The molecule has 3 rings (SSSR count). The zero-order valence-corrected chi connectivity index (χ0v) is 16.1. The Bertz CT molecular complexity index is 1060. The van der Waals surface area contributed by atoms with E-state index in [-0.39, 0.29) is 18.2 Å². The Labute approximate surface area is 166 Å². The second-order valence-electron chi connectivity index (χ2n) is 6.17. The van der Waals surface area contributed by atoms with Gasteiger partial charge in [0.05, 0.1) is 18.5 Å². The van der Waals surface area contributed by atoms with Gasteiger partial charge in [0.25, 0.3) is 0 Å². The van der Waals surface area contributed by atoms with E-state index in [9.17, 15) is 14.0 Å². The van der Waals surface area contributed by atoms with Crippen LogP contribution in [0.25, 0.3) is 11.8 Å². The number of benzene rings is 1. The average Bonchev–Trinajstić information content (AvgIpc) is 3.30. The first kappa shape index (κ1) is 20.1. The van der Waals surface area contributed by atoms with Gasteiger partial charge in [-0.15, -0.1) is 0 Å². The fraction of sp³-hybridized carbons (Fsp3) is 0.190. The molecule has 0 aliphatic carbocycles. The van der Waals surface area contributed by atoms with Gasteiger partial charge >= 0.3 is 11.9 Å².